The normalized spacial score (nSPS) is 12.3. The van der Waals surface area contributed by atoms with Crippen LogP contribution in [0.4, 0.5) is 0 Å². The first-order chi connectivity index (χ1) is 8.04. The maximum atomic E-state index is 11.7. The molecular formula is C14H20O3. The smallest absolute Gasteiger partial charge is 0.347 e. The topological polar surface area (TPSA) is 35.5 Å². The van der Waals surface area contributed by atoms with E-state index in [-0.39, 0.29) is 11.9 Å². The van der Waals surface area contributed by atoms with Crippen LogP contribution >= 0.6 is 0 Å². The van der Waals surface area contributed by atoms with Crippen molar-refractivity contribution in [3.05, 3.63) is 29.8 Å². The number of rotatable bonds is 5. The number of esters is 1. The average molecular weight is 236 g/mol. The molecule has 0 N–H and O–H groups in total. The number of hydrogen-bond acceptors (Lipinski definition) is 3. The van der Waals surface area contributed by atoms with Gasteiger partial charge in [-0.15, -0.1) is 0 Å². The van der Waals surface area contributed by atoms with Crippen LogP contribution in [0.1, 0.15) is 26.3 Å². The molecular weight excluding hydrogens is 216 g/mol. The molecule has 1 atom stereocenters. The van der Waals surface area contributed by atoms with Crippen molar-refractivity contribution < 1.29 is 14.3 Å². The van der Waals surface area contributed by atoms with Gasteiger partial charge in [0, 0.05) is 5.92 Å². The van der Waals surface area contributed by atoms with Gasteiger partial charge < -0.3 is 9.47 Å². The van der Waals surface area contributed by atoms with Crippen molar-refractivity contribution in [3.63, 3.8) is 0 Å². The number of carbonyl (C=O) groups excluding carboxylic acids is 1. The van der Waals surface area contributed by atoms with E-state index in [0.29, 0.717) is 12.4 Å². The molecule has 0 aliphatic heterocycles. The molecule has 1 rings (SSSR count). The van der Waals surface area contributed by atoms with Crippen molar-refractivity contribution in [2.45, 2.75) is 33.8 Å². The summed E-state index contributed by atoms with van der Waals surface area (Å²) in [6.45, 7) is 8.04. The molecule has 0 aliphatic rings. The van der Waals surface area contributed by atoms with E-state index in [2.05, 4.69) is 0 Å². The molecule has 0 aliphatic carbocycles. The van der Waals surface area contributed by atoms with Gasteiger partial charge in [0.25, 0.3) is 0 Å². The molecule has 0 amide bonds. The molecule has 0 aromatic heterocycles. The van der Waals surface area contributed by atoms with E-state index < -0.39 is 6.10 Å². The summed E-state index contributed by atoms with van der Waals surface area (Å²) < 4.78 is 10.7. The second-order valence-electron chi connectivity index (χ2n) is 4.35. The molecule has 0 bridgehead atoms. The van der Waals surface area contributed by atoms with Crippen molar-refractivity contribution in [2.75, 3.05) is 6.61 Å². The molecule has 0 heterocycles. The molecule has 17 heavy (non-hydrogen) atoms. The van der Waals surface area contributed by atoms with Gasteiger partial charge in [-0.05, 0) is 31.5 Å². The summed E-state index contributed by atoms with van der Waals surface area (Å²) in [4.78, 5) is 11.7. The first-order valence-electron chi connectivity index (χ1n) is 5.94. The van der Waals surface area contributed by atoms with E-state index in [0.717, 1.165) is 5.56 Å². The molecule has 0 fully saturated rings. The number of carbonyl (C=O) groups is 1. The zero-order chi connectivity index (χ0) is 12.8. The van der Waals surface area contributed by atoms with Crippen LogP contribution in [-0.2, 0) is 9.53 Å². The summed E-state index contributed by atoms with van der Waals surface area (Å²) in [5, 5.41) is 0. The average Bonchev–Trinajstić information content (AvgIpc) is 2.26. The molecule has 94 valence electrons. The van der Waals surface area contributed by atoms with E-state index in [1.165, 1.54) is 0 Å². The Morgan fingerprint density at radius 1 is 1.35 bits per heavy atom. The Morgan fingerprint density at radius 3 is 2.59 bits per heavy atom. The van der Waals surface area contributed by atoms with E-state index in [9.17, 15) is 4.79 Å². The summed E-state index contributed by atoms with van der Waals surface area (Å²) in [6, 6.07) is 7.66. The quantitative estimate of drug-likeness (QED) is 0.737. The first-order valence-corrected chi connectivity index (χ1v) is 5.94. The fraction of sp³-hybridized carbons (Fsp3) is 0.500. The summed E-state index contributed by atoms with van der Waals surface area (Å²) in [5.74, 6) is 0.482. The Labute approximate surface area is 103 Å². The Kier molecular flexibility index (Phi) is 5.01. The second kappa shape index (κ2) is 6.28. The molecule has 3 heteroatoms. The molecule has 0 spiro atoms. The number of benzene rings is 1. The van der Waals surface area contributed by atoms with Gasteiger partial charge in [-0.1, -0.05) is 26.0 Å². The van der Waals surface area contributed by atoms with Crippen LogP contribution in [0.2, 0.25) is 0 Å². The van der Waals surface area contributed by atoms with Gasteiger partial charge in [-0.3, -0.25) is 0 Å². The van der Waals surface area contributed by atoms with Crippen molar-refractivity contribution in [1.82, 2.24) is 0 Å². The van der Waals surface area contributed by atoms with E-state index in [1.54, 1.807) is 6.92 Å². The van der Waals surface area contributed by atoms with Crippen molar-refractivity contribution >= 4 is 5.97 Å². The fourth-order valence-corrected chi connectivity index (χ4v) is 1.52. The van der Waals surface area contributed by atoms with Gasteiger partial charge in [0.2, 0.25) is 0 Å². The third-order valence-electron chi connectivity index (χ3n) is 2.38. The maximum Gasteiger partial charge on any atom is 0.347 e. The van der Waals surface area contributed by atoms with Crippen LogP contribution in [0.3, 0.4) is 0 Å². The third-order valence-corrected chi connectivity index (χ3v) is 2.38. The van der Waals surface area contributed by atoms with E-state index in [4.69, 9.17) is 9.47 Å². The van der Waals surface area contributed by atoms with Crippen molar-refractivity contribution in [3.8, 4) is 5.75 Å². The molecule has 1 aromatic carbocycles. The van der Waals surface area contributed by atoms with Crippen LogP contribution < -0.4 is 4.74 Å². The van der Waals surface area contributed by atoms with Crippen LogP contribution in [0, 0.1) is 12.8 Å². The predicted molar refractivity (Wildman–Crippen MR) is 67.1 cm³/mol. The van der Waals surface area contributed by atoms with E-state index >= 15 is 0 Å². The Balaban J connectivity index is 2.76. The summed E-state index contributed by atoms with van der Waals surface area (Å²) in [5.41, 5.74) is 1.11. The lowest BCUT2D eigenvalue weighted by atomic mass is 10.1. The molecule has 0 radical (unpaired) electrons. The molecule has 3 nitrogen and oxygen atoms in total. The predicted octanol–water partition coefficient (Wildman–Crippen LogP) is 2.96. The number of ether oxygens (including phenoxy) is 2. The summed E-state index contributed by atoms with van der Waals surface area (Å²) >= 11 is 0. The van der Waals surface area contributed by atoms with Crippen LogP contribution in [0.5, 0.6) is 5.75 Å². The van der Waals surface area contributed by atoms with Crippen molar-refractivity contribution in [1.29, 1.82) is 0 Å². The van der Waals surface area contributed by atoms with Gasteiger partial charge in [0.1, 0.15) is 5.75 Å². The van der Waals surface area contributed by atoms with Crippen LogP contribution in [0.15, 0.2) is 24.3 Å². The maximum absolute atomic E-state index is 11.7. The summed E-state index contributed by atoms with van der Waals surface area (Å²) in [7, 11) is 0. The lowest BCUT2D eigenvalue weighted by Crippen LogP contribution is -2.34. The largest absolute Gasteiger partial charge is 0.478 e. The van der Waals surface area contributed by atoms with E-state index in [1.807, 2.05) is 45.0 Å². The molecule has 1 unspecified atom stereocenters. The number of aryl methyl sites for hydroxylation is 1. The molecule has 0 saturated heterocycles. The first kappa shape index (κ1) is 13.6. The standard InChI is InChI=1S/C14H20O3/c1-5-16-14(15)13(10(2)3)17-12-8-6-7-11(4)9-12/h6-10,13H,5H2,1-4H3. The zero-order valence-electron chi connectivity index (χ0n) is 10.9. The Bertz CT molecular complexity index is 371. The Hall–Kier alpha value is -1.51. The fourth-order valence-electron chi connectivity index (χ4n) is 1.52. The number of hydrogen-bond donors (Lipinski definition) is 0. The molecule has 1 aromatic rings. The van der Waals surface area contributed by atoms with Gasteiger partial charge in [-0.25, -0.2) is 4.79 Å². The highest BCUT2D eigenvalue weighted by molar-refractivity contribution is 5.75. The highest BCUT2D eigenvalue weighted by atomic mass is 16.6. The van der Waals surface area contributed by atoms with Crippen LogP contribution in [0.25, 0.3) is 0 Å². The minimum absolute atomic E-state index is 0.0783. The van der Waals surface area contributed by atoms with Gasteiger partial charge in [0.05, 0.1) is 6.61 Å². The second-order valence-corrected chi connectivity index (χ2v) is 4.35. The monoisotopic (exact) mass is 236 g/mol. The summed E-state index contributed by atoms with van der Waals surface area (Å²) in [6.07, 6.45) is -0.545. The molecule has 0 saturated carbocycles. The minimum Gasteiger partial charge on any atom is -0.478 e. The van der Waals surface area contributed by atoms with Gasteiger partial charge in [0.15, 0.2) is 6.10 Å². The third kappa shape index (κ3) is 4.10. The highest BCUT2D eigenvalue weighted by Gasteiger charge is 2.25. The lowest BCUT2D eigenvalue weighted by molar-refractivity contribution is -0.153. The van der Waals surface area contributed by atoms with Crippen molar-refractivity contribution in [2.24, 2.45) is 5.92 Å². The lowest BCUT2D eigenvalue weighted by Gasteiger charge is -2.20. The zero-order valence-corrected chi connectivity index (χ0v) is 10.9. The Morgan fingerprint density at radius 2 is 2.06 bits per heavy atom. The van der Waals surface area contributed by atoms with Crippen LogP contribution in [-0.4, -0.2) is 18.7 Å². The highest BCUT2D eigenvalue weighted by Crippen LogP contribution is 2.18. The minimum atomic E-state index is -0.545. The van der Waals surface area contributed by atoms with Gasteiger partial charge >= 0.3 is 5.97 Å². The van der Waals surface area contributed by atoms with Gasteiger partial charge in [-0.2, -0.15) is 0 Å². The SMILES string of the molecule is CCOC(=O)C(Oc1cccc(C)c1)C(C)C.